The van der Waals surface area contributed by atoms with Crippen LogP contribution in [0.5, 0.6) is 0 Å². The molecule has 0 saturated heterocycles. The SMILES string of the molecule is O=S1(=O)c2ccccc2S(=O)(=O)[C@]2(Cl)[C@H]1[C@@H]1C=C[C@H]2CCC1. The van der Waals surface area contributed by atoms with Gasteiger partial charge in [0.2, 0.25) is 9.84 Å². The van der Waals surface area contributed by atoms with Gasteiger partial charge in [0.15, 0.2) is 14.0 Å². The van der Waals surface area contributed by atoms with Crippen molar-refractivity contribution in [3.8, 4) is 0 Å². The van der Waals surface area contributed by atoms with Crippen LogP contribution in [-0.2, 0) is 19.7 Å². The molecule has 4 aliphatic rings. The number of allylic oxidation sites excluding steroid dienone is 2. The lowest BCUT2D eigenvalue weighted by atomic mass is 9.89. The van der Waals surface area contributed by atoms with Gasteiger partial charge in [0.05, 0.1) is 9.79 Å². The van der Waals surface area contributed by atoms with E-state index in [0.717, 1.165) is 6.42 Å². The molecule has 4 nitrogen and oxygen atoms in total. The van der Waals surface area contributed by atoms with Crippen molar-refractivity contribution in [2.75, 3.05) is 0 Å². The molecule has 118 valence electrons. The van der Waals surface area contributed by atoms with Crippen molar-refractivity contribution in [3.63, 3.8) is 0 Å². The van der Waals surface area contributed by atoms with Crippen LogP contribution in [-0.4, -0.2) is 26.3 Å². The van der Waals surface area contributed by atoms with Crippen molar-refractivity contribution < 1.29 is 16.8 Å². The molecule has 22 heavy (non-hydrogen) atoms. The first kappa shape index (κ1) is 14.7. The first-order chi connectivity index (χ1) is 10.3. The molecule has 1 fully saturated rings. The molecule has 0 N–H and O–H groups in total. The summed E-state index contributed by atoms with van der Waals surface area (Å²) in [5.74, 6) is -0.810. The Hall–Kier alpha value is -0.850. The molecule has 1 saturated carbocycles. The maximum atomic E-state index is 13.2. The third-order valence-corrected chi connectivity index (χ3v) is 11.3. The Bertz CT molecular complexity index is 888. The molecule has 0 aromatic heterocycles. The summed E-state index contributed by atoms with van der Waals surface area (Å²) in [4.78, 5) is -0.251. The summed E-state index contributed by atoms with van der Waals surface area (Å²) < 4.78 is 50.7. The summed E-state index contributed by atoms with van der Waals surface area (Å²) in [6.07, 6.45) is 5.70. The van der Waals surface area contributed by atoms with Crippen LogP contribution in [0.1, 0.15) is 19.3 Å². The summed E-state index contributed by atoms with van der Waals surface area (Å²) in [6.45, 7) is 0. The number of fused-ring (bicyclic) bond motifs is 3. The summed E-state index contributed by atoms with van der Waals surface area (Å²) in [5, 5.41) is -1.10. The minimum atomic E-state index is -3.93. The smallest absolute Gasteiger partial charge is 0.201 e. The van der Waals surface area contributed by atoms with Crippen LogP contribution in [0.25, 0.3) is 0 Å². The van der Waals surface area contributed by atoms with E-state index in [-0.39, 0.29) is 15.7 Å². The molecule has 1 aromatic rings. The highest BCUT2D eigenvalue weighted by Gasteiger charge is 2.66. The standard InChI is InChI=1S/C15H15ClO4S2/c16-15-11-5-3-4-10(8-9-11)14(15)21(17,18)12-6-1-2-7-13(12)22(15,19)20/h1-2,6-11,14H,3-5H2/t10-,11+,14+,15-/m0/s1. The Balaban J connectivity index is 2.15. The molecule has 5 rings (SSSR count). The number of sulfone groups is 2. The van der Waals surface area contributed by atoms with E-state index in [1.165, 1.54) is 18.2 Å². The van der Waals surface area contributed by atoms with Crippen molar-refractivity contribution in [1.29, 1.82) is 0 Å². The average molecular weight is 359 g/mol. The first-order valence-corrected chi connectivity index (χ1v) is 10.7. The minimum absolute atomic E-state index is 0.0998. The molecular weight excluding hydrogens is 344 g/mol. The van der Waals surface area contributed by atoms with Crippen LogP contribution in [0.3, 0.4) is 0 Å². The largest absolute Gasteiger partial charge is 0.223 e. The van der Waals surface area contributed by atoms with Crippen LogP contribution >= 0.6 is 11.6 Å². The molecule has 4 atom stereocenters. The maximum absolute atomic E-state index is 13.2. The van der Waals surface area contributed by atoms with E-state index in [9.17, 15) is 16.8 Å². The van der Waals surface area contributed by atoms with Gasteiger partial charge >= 0.3 is 0 Å². The number of hydrogen-bond acceptors (Lipinski definition) is 4. The molecule has 0 spiro atoms. The Morgan fingerprint density at radius 2 is 1.68 bits per heavy atom. The van der Waals surface area contributed by atoms with Gasteiger partial charge in [-0.3, -0.25) is 0 Å². The van der Waals surface area contributed by atoms with Crippen LogP contribution in [0, 0.1) is 11.8 Å². The summed E-state index contributed by atoms with van der Waals surface area (Å²) in [6, 6.07) is 5.82. The lowest BCUT2D eigenvalue weighted by Gasteiger charge is -2.45. The zero-order valence-electron chi connectivity index (χ0n) is 11.6. The second-order valence-corrected chi connectivity index (χ2v) is 11.2. The van der Waals surface area contributed by atoms with Crippen molar-refractivity contribution in [2.24, 2.45) is 11.8 Å². The normalized spacial score (nSPS) is 40.5. The fourth-order valence-corrected chi connectivity index (χ4v) is 10.7. The number of rotatable bonds is 0. The van der Waals surface area contributed by atoms with Crippen molar-refractivity contribution in [2.45, 2.75) is 38.5 Å². The van der Waals surface area contributed by atoms with Gasteiger partial charge in [0.25, 0.3) is 0 Å². The molecule has 0 amide bonds. The van der Waals surface area contributed by atoms with Gasteiger partial charge in [0.1, 0.15) is 5.25 Å². The van der Waals surface area contributed by atoms with Gasteiger partial charge < -0.3 is 0 Å². The van der Waals surface area contributed by atoms with E-state index in [1.807, 2.05) is 12.2 Å². The second-order valence-electron chi connectivity index (χ2n) is 6.20. The highest BCUT2D eigenvalue weighted by Crippen LogP contribution is 2.57. The molecule has 0 unspecified atom stereocenters. The molecule has 2 bridgehead atoms. The molecule has 7 heteroatoms. The topological polar surface area (TPSA) is 68.3 Å². The molecule has 0 radical (unpaired) electrons. The van der Waals surface area contributed by atoms with Crippen LogP contribution in [0.2, 0.25) is 0 Å². The van der Waals surface area contributed by atoms with E-state index < -0.39 is 35.0 Å². The zero-order chi connectivity index (χ0) is 15.8. The van der Waals surface area contributed by atoms with Gasteiger partial charge in [-0.1, -0.05) is 42.3 Å². The van der Waals surface area contributed by atoms with Crippen molar-refractivity contribution in [3.05, 3.63) is 36.4 Å². The third kappa shape index (κ3) is 1.53. The van der Waals surface area contributed by atoms with Crippen LogP contribution < -0.4 is 0 Å². The van der Waals surface area contributed by atoms with Gasteiger partial charge in [-0.05, 0) is 30.9 Å². The van der Waals surface area contributed by atoms with E-state index in [4.69, 9.17) is 11.6 Å². The van der Waals surface area contributed by atoms with E-state index in [2.05, 4.69) is 0 Å². The maximum Gasteiger partial charge on any atom is 0.201 e. The fourth-order valence-electron chi connectivity index (χ4n) is 4.13. The highest BCUT2D eigenvalue weighted by atomic mass is 35.5. The molecular formula is C15H15ClO4S2. The van der Waals surface area contributed by atoms with Crippen molar-refractivity contribution >= 4 is 31.3 Å². The zero-order valence-corrected chi connectivity index (χ0v) is 14.0. The quantitative estimate of drug-likeness (QED) is 0.528. The number of alkyl halides is 1. The number of benzene rings is 1. The number of halogens is 1. The van der Waals surface area contributed by atoms with E-state index in [1.54, 1.807) is 6.07 Å². The number of hydrogen-bond donors (Lipinski definition) is 0. The first-order valence-electron chi connectivity index (χ1n) is 7.26. The van der Waals surface area contributed by atoms with Gasteiger partial charge in [0, 0.05) is 5.92 Å². The molecule has 3 aliphatic carbocycles. The second kappa shape index (κ2) is 4.36. The van der Waals surface area contributed by atoms with E-state index in [0.29, 0.717) is 12.8 Å². The summed E-state index contributed by atoms with van der Waals surface area (Å²) >= 11 is 6.66. The monoisotopic (exact) mass is 358 g/mol. The van der Waals surface area contributed by atoms with Gasteiger partial charge in [-0.2, -0.15) is 0 Å². The minimum Gasteiger partial charge on any atom is -0.223 e. The lowest BCUT2D eigenvalue weighted by molar-refractivity contribution is 0.425. The third-order valence-electron chi connectivity index (χ3n) is 5.12. The Kier molecular flexibility index (Phi) is 2.92. The summed E-state index contributed by atoms with van der Waals surface area (Å²) in [5.41, 5.74) is 0. The predicted molar refractivity (Wildman–Crippen MR) is 83.2 cm³/mol. The van der Waals surface area contributed by atoms with E-state index >= 15 is 0 Å². The average Bonchev–Trinajstić information content (AvgIpc) is 2.79. The lowest BCUT2D eigenvalue weighted by Crippen LogP contribution is -2.59. The Labute approximate surface area is 135 Å². The van der Waals surface area contributed by atoms with Crippen LogP contribution in [0.4, 0.5) is 0 Å². The van der Waals surface area contributed by atoms with Gasteiger partial charge in [-0.15, -0.1) is 0 Å². The van der Waals surface area contributed by atoms with Crippen LogP contribution in [0.15, 0.2) is 46.2 Å². The molecule has 1 heterocycles. The summed E-state index contributed by atoms with van der Waals surface area (Å²) in [7, 11) is -7.72. The van der Waals surface area contributed by atoms with Gasteiger partial charge in [-0.25, -0.2) is 16.8 Å². The Morgan fingerprint density at radius 3 is 2.41 bits per heavy atom. The predicted octanol–water partition coefficient (Wildman–Crippen LogP) is 2.54. The fraction of sp³-hybridized carbons (Fsp3) is 0.467. The van der Waals surface area contributed by atoms with Crippen molar-refractivity contribution in [1.82, 2.24) is 0 Å². The Morgan fingerprint density at radius 1 is 1.00 bits per heavy atom. The molecule has 1 aliphatic heterocycles. The highest BCUT2D eigenvalue weighted by molar-refractivity contribution is 8.00. The molecule has 1 aromatic carbocycles.